The molecule has 0 N–H and O–H groups in total. The summed E-state index contributed by atoms with van der Waals surface area (Å²) in [6.07, 6.45) is 31.3. The molecule has 0 unspecified atom stereocenters. The number of hydrogen-bond donors (Lipinski definition) is 0. The smallest absolute Gasteiger partial charge is 0.343 e. The number of unbranched alkanes of at least 4 members (excludes halogenated alkanes) is 22. The van der Waals surface area contributed by atoms with E-state index in [0.29, 0.717) is 41.5 Å². The molecular formula is C61H78N2O8. The maximum atomic E-state index is 13.0. The van der Waals surface area contributed by atoms with Crippen LogP contribution in [0.4, 0.5) is 11.4 Å². The molecule has 0 saturated carbocycles. The van der Waals surface area contributed by atoms with E-state index in [1.807, 2.05) is 24.3 Å². The number of carbonyl (C=O) groups excluding carboxylic acids is 3. The molecule has 0 amide bonds. The van der Waals surface area contributed by atoms with E-state index in [4.69, 9.17) is 23.7 Å². The Bertz CT molecular complexity index is 2270. The Balaban J connectivity index is 0.942. The topological polar surface area (TPSA) is 122 Å². The largest absolute Gasteiger partial charge is 0.494 e. The number of hydrogen-bond acceptors (Lipinski definition) is 10. The van der Waals surface area contributed by atoms with Crippen molar-refractivity contribution in [3.05, 3.63) is 138 Å². The highest BCUT2D eigenvalue weighted by Crippen LogP contribution is 2.26. The predicted octanol–water partition coefficient (Wildman–Crippen LogP) is 17.9. The van der Waals surface area contributed by atoms with Gasteiger partial charge in [0.05, 0.1) is 41.3 Å². The fourth-order valence-electron chi connectivity index (χ4n) is 8.10. The first-order valence-corrected chi connectivity index (χ1v) is 26.7. The highest BCUT2D eigenvalue weighted by Gasteiger charge is 2.14. The van der Waals surface area contributed by atoms with Crippen molar-refractivity contribution >= 4 is 29.3 Å². The first kappa shape index (κ1) is 55.6. The quantitative estimate of drug-likeness (QED) is 0.0168. The Hall–Kier alpha value is -6.29. The van der Waals surface area contributed by atoms with E-state index in [1.165, 1.54) is 165 Å². The summed E-state index contributed by atoms with van der Waals surface area (Å²) in [6, 6.07) is 33.4. The summed E-state index contributed by atoms with van der Waals surface area (Å²) in [5, 5.41) is 8.64. The molecule has 0 spiro atoms. The molecule has 0 aliphatic rings. The number of azo groups is 1. The van der Waals surface area contributed by atoms with Crippen molar-refractivity contribution in [1.29, 1.82) is 0 Å². The fourth-order valence-corrected chi connectivity index (χ4v) is 8.10. The Morgan fingerprint density at radius 3 is 0.972 bits per heavy atom. The zero-order valence-electron chi connectivity index (χ0n) is 42.6. The van der Waals surface area contributed by atoms with Crippen molar-refractivity contribution in [1.82, 2.24) is 0 Å². The summed E-state index contributed by atoms with van der Waals surface area (Å²) < 4.78 is 28.5. The summed E-state index contributed by atoms with van der Waals surface area (Å²) in [4.78, 5) is 38.8. The number of esters is 3. The third kappa shape index (κ3) is 23.0. The zero-order valence-corrected chi connectivity index (χ0v) is 42.6. The summed E-state index contributed by atoms with van der Waals surface area (Å²) in [6.45, 7) is 5.87. The van der Waals surface area contributed by atoms with Crippen LogP contribution in [0.2, 0.25) is 0 Å². The average molecular weight is 967 g/mol. The molecule has 0 atom stereocenters. The Labute approximate surface area is 423 Å². The third-order valence-electron chi connectivity index (χ3n) is 12.4. The molecule has 5 rings (SSSR count). The molecule has 0 aromatic heterocycles. The van der Waals surface area contributed by atoms with Gasteiger partial charge in [0.25, 0.3) is 0 Å². The van der Waals surface area contributed by atoms with Gasteiger partial charge in [-0.15, -0.1) is 0 Å². The van der Waals surface area contributed by atoms with Gasteiger partial charge in [0.2, 0.25) is 0 Å². The van der Waals surface area contributed by atoms with Gasteiger partial charge in [-0.2, -0.15) is 10.2 Å². The molecule has 0 aliphatic carbocycles. The molecule has 0 saturated heterocycles. The van der Waals surface area contributed by atoms with Crippen LogP contribution < -0.4 is 23.7 Å². The fraction of sp³-hybridized carbons (Fsp3) is 0.459. The van der Waals surface area contributed by atoms with Crippen molar-refractivity contribution in [2.45, 2.75) is 168 Å². The van der Waals surface area contributed by atoms with Gasteiger partial charge in [-0.1, -0.05) is 161 Å². The monoisotopic (exact) mass is 967 g/mol. The van der Waals surface area contributed by atoms with E-state index in [1.54, 1.807) is 66.7 Å². The van der Waals surface area contributed by atoms with Crippen LogP contribution in [0, 0.1) is 0 Å². The minimum atomic E-state index is -0.635. The van der Waals surface area contributed by atoms with E-state index in [-0.39, 0.29) is 22.8 Å². The van der Waals surface area contributed by atoms with Crippen molar-refractivity contribution < 1.29 is 38.1 Å². The second kappa shape index (κ2) is 34.1. The molecule has 0 heterocycles. The molecular weight excluding hydrogens is 889 g/mol. The minimum Gasteiger partial charge on any atom is -0.494 e. The lowest BCUT2D eigenvalue weighted by Gasteiger charge is -2.09. The van der Waals surface area contributed by atoms with Gasteiger partial charge >= 0.3 is 17.9 Å². The molecule has 71 heavy (non-hydrogen) atoms. The highest BCUT2D eigenvalue weighted by molar-refractivity contribution is 5.93. The van der Waals surface area contributed by atoms with Gasteiger partial charge in [-0.3, -0.25) is 0 Å². The first-order valence-electron chi connectivity index (χ1n) is 26.7. The van der Waals surface area contributed by atoms with Crippen molar-refractivity contribution in [2.75, 3.05) is 13.2 Å². The second-order valence-electron chi connectivity index (χ2n) is 18.4. The molecule has 10 nitrogen and oxygen atoms in total. The maximum absolute atomic E-state index is 13.0. The first-order chi connectivity index (χ1) is 34.9. The predicted molar refractivity (Wildman–Crippen MR) is 284 cm³/mol. The van der Waals surface area contributed by atoms with E-state index in [0.717, 1.165) is 25.0 Å². The minimum absolute atomic E-state index is 0.187. The zero-order chi connectivity index (χ0) is 50.0. The maximum Gasteiger partial charge on any atom is 0.343 e. The van der Waals surface area contributed by atoms with Crippen molar-refractivity contribution in [2.24, 2.45) is 10.2 Å². The number of rotatable bonds is 36. The van der Waals surface area contributed by atoms with Crippen LogP contribution in [0.1, 0.15) is 199 Å². The van der Waals surface area contributed by atoms with E-state index < -0.39 is 17.9 Å². The Kier molecular flexibility index (Phi) is 26.7. The van der Waals surface area contributed by atoms with Crippen LogP contribution in [0.25, 0.3) is 0 Å². The second-order valence-corrected chi connectivity index (χ2v) is 18.4. The molecule has 10 heteroatoms. The molecule has 0 bridgehead atoms. The average Bonchev–Trinajstić information content (AvgIpc) is 3.39. The van der Waals surface area contributed by atoms with Gasteiger partial charge in [0.15, 0.2) is 0 Å². The summed E-state index contributed by atoms with van der Waals surface area (Å²) in [7, 11) is 0. The molecule has 5 aromatic rings. The van der Waals surface area contributed by atoms with E-state index >= 15 is 0 Å². The van der Waals surface area contributed by atoms with Gasteiger partial charge in [0.1, 0.15) is 28.7 Å². The molecule has 0 radical (unpaired) electrons. The lowest BCUT2D eigenvalue weighted by atomic mass is 10.0. The summed E-state index contributed by atoms with van der Waals surface area (Å²) >= 11 is 0. The standard InChI is InChI=1S/C61H78N2O8/c1-3-5-7-9-11-13-15-16-17-18-20-22-24-26-47-68-55-44-38-53(39-45-55)63-62-52-36-30-49(31-37-52)60(65)70-57-28-27-29-58(48-57)71-61(66)51-34-42-56(43-35-51)69-59(64)50-32-40-54(41-33-50)67-46-25-23-21-19-14-12-10-8-6-4-2/h27-45,48H,3-26,46-47H2,1-2H3. The molecule has 380 valence electrons. The van der Waals surface area contributed by atoms with E-state index in [9.17, 15) is 14.4 Å². The summed E-state index contributed by atoms with van der Waals surface area (Å²) in [5.41, 5.74) is 2.20. The number of carbonyl (C=O) groups is 3. The van der Waals surface area contributed by atoms with Gasteiger partial charge in [-0.05, 0) is 122 Å². The van der Waals surface area contributed by atoms with Gasteiger partial charge < -0.3 is 23.7 Å². The van der Waals surface area contributed by atoms with Crippen LogP contribution in [0.5, 0.6) is 28.7 Å². The van der Waals surface area contributed by atoms with Crippen LogP contribution >= 0.6 is 0 Å². The molecule has 5 aromatic carbocycles. The summed E-state index contributed by atoms with van der Waals surface area (Å²) in [5.74, 6) is 0.442. The molecule has 0 aliphatic heterocycles. The Morgan fingerprint density at radius 1 is 0.324 bits per heavy atom. The number of ether oxygens (including phenoxy) is 5. The Morgan fingerprint density at radius 2 is 0.606 bits per heavy atom. The van der Waals surface area contributed by atoms with Crippen molar-refractivity contribution in [3.8, 4) is 28.7 Å². The van der Waals surface area contributed by atoms with Gasteiger partial charge in [0, 0.05) is 6.07 Å². The molecule has 0 fully saturated rings. The van der Waals surface area contributed by atoms with Crippen LogP contribution in [-0.2, 0) is 0 Å². The lowest BCUT2D eigenvalue weighted by molar-refractivity contribution is 0.0723. The third-order valence-corrected chi connectivity index (χ3v) is 12.4. The SMILES string of the molecule is CCCCCCCCCCCCCCCCOc1ccc(N=Nc2ccc(C(=O)Oc3cccc(OC(=O)c4ccc(OC(=O)c5ccc(OCCCCCCCCCCCC)cc5)cc4)c3)cc2)cc1. The number of benzene rings is 5. The highest BCUT2D eigenvalue weighted by atomic mass is 16.5. The van der Waals surface area contributed by atoms with E-state index in [2.05, 4.69) is 24.1 Å². The van der Waals surface area contributed by atoms with Gasteiger partial charge in [-0.25, -0.2) is 14.4 Å². The normalized spacial score (nSPS) is 11.1. The van der Waals surface area contributed by atoms with Crippen LogP contribution in [0.15, 0.2) is 132 Å². The van der Waals surface area contributed by atoms with Crippen LogP contribution in [0.3, 0.4) is 0 Å². The van der Waals surface area contributed by atoms with Crippen LogP contribution in [-0.4, -0.2) is 31.1 Å². The van der Waals surface area contributed by atoms with Crippen molar-refractivity contribution in [3.63, 3.8) is 0 Å². The lowest BCUT2D eigenvalue weighted by Crippen LogP contribution is -2.11. The number of nitrogens with zero attached hydrogens (tertiary/aromatic N) is 2.